The maximum absolute atomic E-state index is 9.87. The number of aromatic hydroxyl groups is 1. The van der Waals surface area contributed by atoms with Crippen LogP contribution in [0, 0.1) is 0 Å². The van der Waals surface area contributed by atoms with Crippen molar-refractivity contribution in [2.24, 2.45) is 5.73 Å². The second-order valence-corrected chi connectivity index (χ2v) is 6.05. The summed E-state index contributed by atoms with van der Waals surface area (Å²) in [5.41, 5.74) is 8.11. The maximum Gasteiger partial charge on any atom is 0.173 e. The van der Waals surface area contributed by atoms with E-state index in [0.29, 0.717) is 10.2 Å². The van der Waals surface area contributed by atoms with Crippen LogP contribution in [-0.2, 0) is 0 Å². The van der Waals surface area contributed by atoms with Gasteiger partial charge in [0.25, 0.3) is 0 Å². The monoisotopic (exact) mass is 427 g/mol. The lowest BCUT2D eigenvalue weighted by molar-refractivity contribution is 0.371. The van der Waals surface area contributed by atoms with Gasteiger partial charge in [-0.25, -0.2) is 0 Å². The van der Waals surface area contributed by atoms with E-state index in [1.54, 1.807) is 17.4 Å². The minimum absolute atomic E-state index is 0. The second kappa shape index (κ2) is 6.95. The summed E-state index contributed by atoms with van der Waals surface area (Å²) in [5.74, 6) is 0.455. The van der Waals surface area contributed by atoms with Gasteiger partial charge in [-0.05, 0) is 65.9 Å². The number of phenolic OH excluding ortho intramolecular Hbond substituents is 1. The largest absolute Gasteiger partial charge is 0.503 e. The van der Waals surface area contributed by atoms with Crippen LogP contribution < -0.4 is 10.5 Å². The molecule has 0 saturated heterocycles. The molecule has 2 aromatic rings. The van der Waals surface area contributed by atoms with Gasteiger partial charge in [0, 0.05) is 4.47 Å². The molecule has 19 heavy (non-hydrogen) atoms. The van der Waals surface area contributed by atoms with Crippen LogP contribution >= 0.6 is 55.6 Å². The first-order valence-electron chi connectivity index (χ1n) is 5.08. The number of methoxy groups -OCH3 is 1. The number of hydrogen-bond donors (Lipinski definition) is 2. The number of thiophene rings is 1. The lowest BCUT2D eigenvalue weighted by atomic mass is 10.0. The summed E-state index contributed by atoms with van der Waals surface area (Å²) >= 11 is 8.36. The van der Waals surface area contributed by atoms with E-state index in [9.17, 15) is 5.11 Å². The number of benzene rings is 1. The molecule has 0 aliphatic rings. The number of ether oxygens (including phenoxy) is 1. The van der Waals surface area contributed by atoms with E-state index in [1.165, 1.54) is 7.11 Å². The molecule has 1 heterocycles. The molecule has 3 nitrogen and oxygen atoms in total. The highest BCUT2D eigenvalue weighted by atomic mass is 79.9. The smallest absolute Gasteiger partial charge is 0.173 e. The molecule has 2 rings (SSSR count). The third-order valence-electron chi connectivity index (χ3n) is 2.63. The molecule has 7 heteroatoms. The van der Waals surface area contributed by atoms with E-state index in [2.05, 4.69) is 31.9 Å². The fourth-order valence-electron chi connectivity index (χ4n) is 1.63. The second-order valence-electron chi connectivity index (χ2n) is 3.68. The van der Waals surface area contributed by atoms with Crippen molar-refractivity contribution in [2.75, 3.05) is 7.11 Å². The first-order valence-corrected chi connectivity index (χ1v) is 7.61. The number of halogens is 3. The van der Waals surface area contributed by atoms with Crippen LogP contribution in [0.15, 0.2) is 31.8 Å². The third kappa shape index (κ3) is 3.25. The summed E-state index contributed by atoms with van der Waals surface area (Å²) in [6, 6.07) is 3.46. The van der Waals surface area contributed by atoms with E-state index >= 15 is 0 Å². The quantitative estimate of drug-likeness (QED) is 0.758. The highest BCUT2D eigenvalue weighted by Crippen LogP contribution is 2.44. The Morgan fingerprint density at radius 3 is 2.58 bits per heavy atom. The Morgan fingerprint density at radius 1 is 1.37 bits per heavy atom. The molecule has 0 amide bonds. The van der Waals surface area contributed by atoms with E-state index in [4.69, 9.17) is 10.5 Å². The molecule has 0 saturated carbocycles. The van der Waals surface area contributed by atoms with Gasteiger partial charge >= 0.3 is 0 Å². The summed E-state index contributed by atoms with van der Waals surface area (Å²) in [6.45, 7) is 0. The van der Waals surface area contributed by atoms with Gasteiger partial charge in [0.05, 0.1) is 17.6 Å². The van der Waals surface area contributed by atoms with Crippen LogP contribution in [0.1, 0.15) is 17.2 Å². The number of phenols is 1. The van der Waals surface area contributed by atoms with E-state index in [0.717, 1.165) is 15.6 Å². The molecule has 0 bridgehead atoms. The average Bonchev–Trinajstić information content (AvgIpc) is 2.89. The van der Waals surface area contributed by atoms with Crippen LogP contribution in [0.4, 0.5) is 0 Å². The molecule has 1 aromatic heterocycles. The van der Waals surface area contributed by atoms with E-state index < -0.39 is 0 Å². The standard InChI is InChI=1S/C12H11Br2NO2S.ClH/c1-17-8-4-7(9(13)10(14)12(8)16)11(15)6-2-3-18-5-6;/h2-5,11,16H,15H2,1H3;1H/t11-;/m0./s1. The molecule has 0 aliphatic carbocycles. The van der Waals surface area contributed by atoms with Crippen molar-refractivity contribution in [1.29, 1.82) is 0 Å². The molecule has 104 valence electrons. The maximum atomic E-state index is 9.87. The summed E-state index contributed by atoms with van der Waals surface area (Å²) in [6.07, 6.45) is 0. The van der Waals surface area contributed by atoms with Gasteiger partial charge < -0.3 is 15.6 Å². The molecular formula is C12H12Br2ClNO2S. The van der Waals surface area contributed by atoms with Crippen LogP contribution in [0.25, 0.3) is 0 Å². The first-order chi connectivity index (χ1) is 8.56. The van der Waals surface area contributed by atoms with Crippen molar-refractivity contribution >= 4 is 55.6 Å². The van der Waals surface area contributed by atoms with Crippen LogP contribution in [0.3, 0.4) is 0 Å². The summed E-state index contributed by atoms with van der Waals surface area (Å²) < 4.78 is 6.41. The van der Waals surface area contributed by atoms with Gasteiger partial charge in [-0.15, -0.1) is 12.4 Å². The minimum atomic E-state index is -0.267. The molecule has 3 N–H and O–H groups in total. The van der Waals surface area contributed by atoms with Crippen LogP contribution in [0.5, 0.6) is 11.5 Å². The molecule has 1 aromatic carbocycles. The SMILES string of the molecule is COc1cc([C@@H](N)c2ccsc2)c(Br)c(Br)c1O.Cl. The Labute approximate surface area is 138 Å². The number of rotatable bonds is 3. The van der Waals surface area contributed by atoms with Crippen molar-refractivity contribution in [3.05, 3.63) is 43.0 Å². The fraction of sp³-hybridized carbons (Fsp3) is 0.167. The minimum Gasteiger partial charge on any atom is -0.503 e. The third-order valence-corrected chi connectivity index (χ3v) is 5.49. The molecule has 0 spiro atoms. The normalized spacial score (nSPS) is 11.8. The van der Waals surface area contributed by atoms with Gasteiger partial charge in [-0.3, -0.25) is 0 Å². The van der Waals surface area contributed by atoms with Crippen molar-refractivity contribution in [1.82, 2.24) is 0 Å². The van der Waals surface area contributed by atoms with E-state index in [1.807, 2.05) is 16.8 Å². The van der Waals surface area contributed by atoms with Crippen LogP contribution in [-0.4, -0.2) is 12.2 Å². The van der Waals surface area contributed by atoms with Crippen molar-refractivity contribution in [3.8, 4) is 11.5 Å². The van der Waals surface area contributed by atoms with Crippen molar-refractivity contribution < 1.29 is 9.84 Å². The van der Waals surface area contributed by atoms with Gasteiger partial charge in [0.1, 0.15) is 0 Å². The first kappa shape index (κ1) is 16.8. The predicted molar refractivity (Wildman–Crippen MR) is 87.7 cm³/mol. The van der Waals surface area contributed by atoms with Gasteiger partial charge in [0.2, 0.25) is 0 Å². The fourth-order valence-corrected chi connectivity index (χ4v) is 3.29. The summed E-state index contributed by atoms with van der Waals surface area (Å²) in [7, 11) is 1.51. The molecule has 0 radical (unpaired) electrons. The average molecular weight is 430 g/mol. The predicted octanol–water partition coefficient (Wildman–Crippen LogP) is 4.46. The van der Waals surface area contributed by atoms with Gasteiger partial charge in [-0.1, -0.05) is 0 Å². The molecule has 1 atom stereocenters. The zero-order valence-electron chi connectivity index (χ0n) is 9.89. The zero-order valence-corrected chi connectivity index (χ0v) is 14.7. The Hall–Kier alpha value is -0.270. The highest BCUT2D eigenvalue weighted by Gasteiger charge is 2.20. The van der Waals surface area contributed by atoms with Crippen LogP contribution in [0.2, 0.25) is 0 Å². The Morgan fingerprint density at radius 2 is 2.05 bits per heavy atom. The van der Waals surface area contributed by atoms with Gasteiger partial charge in [-0.2, -0.15) is 11.3 Å². The Bertz CT molecular complexity index is 563. The lowest BCUT2D eigenvalue weighted by Crippen LogP contribution is -2.12. The number of hydrogen-bond acceptors (Lipinski definition) is 4. The topological polar surface area (TPSA) is 55.5 Å². The molecule has 0 aliphatic heterocycles. The number of nitrogens with two attached hydrogens (primary N) is 1. The lowest BCUT2D eigenvalue weighted by Gasteiger charge is -2.16. The Kier molecular flexibility index (Phi) is 6.14. The molecule has 0 fully saturated rings. The molecular weight excluding hydrogens is 417 g/mol. The van der Waals surface area contributed by atoms with E-state index in [-0.39, 0.29) is 24.2 Å². The van der Waals surface area contributed by atoms with Crippen molar-refractivity contribution in [2.45, 2.75) is 6.04 Å². The molecule has 0 unspecified atom stereocenters. The van der Waals surface area contributed by atoms with Crippen molar-refractivity contribution in [3.63, 3.8) is 0 Å². The summed E-state index contributed by atoms with van der Waals surface area (Å²) in [5, 5.41) is 13.9. The Balaban J connectivity index is 0.00000180. The van der Waals surface area contributed by atoms with Gasteiger partial charge in [0.15, 0.2) is 11.5 Å². The zero-order chi connectivity index (χ0) is 13.3. The highest BCUT2D eigenvalue weighted by molar-refractivity contribution is 9.13. The summed E-state index contributed by atoms with van der Waals surface area (Å²) in [4.78, 5) is 0.